The second-order valence-electron chi connectivity index (χ2n) is 9.59. The van der Waals surface area contributed by atoms with Gasteiger partial charge in [-0.15, -0.1) is 0 Å². The Hall–Kier alpha value is -2.90. The second kappa shape index (κ2) is 9.99. The minimum atomic E-state index is -0.138. The summed E-state index contributed by atoms with van der Waals surface area (Å²) in [5.74, 6) is -0.215. The van der Waals surface area contributed by atoms with Crippen molar-refractivity contribution in [3.05, 3.63) is 76.3 Å². The highest BCUT2D eigenvalue weighted by Crippen LogP contribution is 2.44. The van der Waals surface area contributed by atoms with Crippen LogP contribution in [-0.4, -0.2) is 20.6 Å². The minimum absolute atomic E-state index is 0.0766. The maximum atomic E-state index is 12.2. The fraction of sp³-hybridized carbons (Fsp3) is 0.370. The lowest BCUT2D eigenvalue weighted by molar-refractivity contribution is -0.118. The lowest BCUT2D eigenvalue weighted by atomic mass is 9.96. The van der Waals surface area contributed by atoms with E-state index in [0.717, 1.165) is 11.4 Å². The Bertz CT molecular complexity index is 1250. The molecular formula is C27H32ClN5OS. The SMILES string of the molecule is Cc1cc([C@H]2[C@@H](c3ccccn3)NC(=S)N2c2ccc(NC(=O)C(C)C)c(Cl)c2)c(C)n1C(C)C. The number of halogens is 1. The number of benzene rings is 1. The van der Waals surface area contributed by atoms with Gasteiger partial charge in [-0.3, -0.25) is 9.78 Å². The number of hydrogen-bond donors (Lipinski definition) is 2. The summed E-state index contributed by atoms with van der Waals surface area (Å²) in [7, 11) is 0. The zero-order valence-electron chi connectivity index (χ0n) is 21.0. The van der Waals surface area contributed by atoms with Crippen LogP contribution in [0.2, 0.25) is 5.02 Å². The molecule has 2 N–H and O–H groups in total. The number of amides is 1. The molecule has 1 saturated heterocycles. The molecule has 4 rings (SSSR count). The van der Waals surface area contributed by atoms with Crippen LogP contribution in [0.3, 0.4) is 0 Å². The largest absolute Gasteiger partial charge is 0.351 e. The molecule has 184 valence electrons. The van der Waals surface area contributed by atoms with Gasteiger partial charge in [0.15, 0.2) is 5.11 Å². The van der Waals surface area contributed by atoms with E-state index in [9.17, 15) is 4.79 Å². The molecule has 3 heterocycles. The van der Waals surface area contributed by atoms with Crippen LogP contribution in [-0.2, 0) is 4.79 Å². The average Bonchev–Trinajstić information content (AvgIpc) is 3.30. The summed E-state index contributed by atoms with van der Waals surface area (Å²) in [5.41, 5.74) is 5.95. The molecule has 0 radical (unpaired) electrons. The quantitative estimate of drug-likeness (QED) is 0.371. The molecule has 0 bridgehead atoms. The van der Waals surface area contributed by atoms with E-state index in [1.165, 1.54) is 17.0 Å². The first-order valence-electron chi connectivity index (χ1n) is 11.9. The number of hydrogen-bond acceptors (Lipinski definition) is 3. The monoisotopic (exact) mass is 509 g/mol. The van der Waals surface area contributed by atoms with E-state index >= 15 is 0 Å². The number of thiocarbonyl (C=S) groups is 1. The van der Waals surface area contributed by atoms with E-state index in [2.05, 4.69) is 58.8 Å². The van der Waals surface area contributed by atoms with Crippen molar-refractivity contribution in [1.82, 2.24) is 14.9 Å². The molecule has 0 unspecified atom stereocenters. The van der Waals surface area contributed by atoms with Gasteiger partial charge in [-0.1, -0.05) is 31.5 Å². The molecule has 35 heavy (non-hydrogen) atoms. The van der Waals surface area contributed by atoms with Crippen molar-refractivity contribution in [3.63, 3.8) is 0 Å². The number of carbonyl (C=O) groups excluding carboxylic acids is 1. The van der Waals surface area contributed by atoms with Gasteiger partial charge >= 0.3 is 0 Å². The topological polar surface area (TPSA) is 62.2 Å². The lowest BCUT2D eigenvalue weighted by Gasteiger charge is -2.29. The summed E-state index contributed by atoms with van der Waals surface area (Å²) in [6.45, 7) is 12.4. The molecule has 0 spiro atoms. The lowest BCUT2D eigenvalue weighted by Crippen LogP contribution is -2.29. The molecule has 1 aliphatic rings. The Morgan fingerprint density at radius 1 is 1.14 bits per heavy atom. The van der Waals surface area contributed by atoms with Gasteiger partial charge in [0.2, 0.25) is 5.91 Å². The standard InChI is InChI=1S/C27H32ClN5OS/c1-15(2)26(34)30-22-11-10-19(14-21(22)28)33-25(20-13-17(5)32(16(3)4)18(20)6)24(31-27(33)35)23-9-7-8-12-29-23/h7-16,24-25H,1-6H3,(H,30,34)(H,31,35)/t24-,25+/m1/s1. The van der Waals surface area contributed by atoms with Crippen LogP contribution in [0.15, 0.2) is 48.7 Å². The van der Waals surface area contributed by atoms with Crippen molar-refractivity contribution in [2.24, 2.45) is 5.92 Å². The maximum Gasteiger partial charge on any atom is 0.226 e. The fourth-order valence-corrected chi connectivity index (χ4v) is 5.45. The first kappa shape index (κ1) is 25.2. The Labute approximate surface area is 217 Å². The first-order valence-corrected chi connectivity index (χ1v) is 12.7. The smallest absolute Gasteiger partial charge is 0.226 e. The number of pyridine rings is 1. The summed E-state index contributed by atoms with van der Waals surface area (Å²) in [6, 6.07) is 13.9. The van der Waals surface area contributed by atoms with E-state index in [0.29, 0.717) is 21.9 Å². The minimum Gasteiger partial charge on any atom is -0.351 e. The Kier molecular flexibility index (Phi) is 7.20. The van der Waals surface area contributed by atoms with Gasteiger partial charge < -0.3 is 20.1 Å². The van der Waals surface area contributed by atoms with Crippen molar-refractivity contribution in [1.29, 1.82) is 0 Å². The third-order valence-electron chi connectivity index (χ3n) is 6.47. The Morgan fingerprint density at radius 2 is 1.89 bits per heavy atom. The van der Waals surface area contributed by atoms with Crippen molar-refractivity contribution in [2.45, 2.75) is 59.7 Å². The number of anilines is 2. The number of nitrogens with one attached hydrogen (secondary N) is 2. The van der Waals surface area contributed by atoms with Crippen molar-refractivity contribution in [2.75, 3.05) is 10.2 Å². The number of nitrogens with zero attached hydrogens (tertiary/aromatic N) is 3. The zero-order chi connectivity index (χ0) is 25.4. The number of rotatable bonds is 6. The molecule has 6 nitrogen and oxygen atoms in total. The van der Waals surface area contributed by atoms with E-state index in [1.54, 1.807) is 6.20 Å². The second-order valence-corrected chi connectivity index (χ2v) is 10.4. The normalized spacial score (nSPS) is 17.9. The molecule has 1 fully saturated rings. The van der Waals surface area contributed by atoms with E-state index in [1.807, 2.05) is 50.2 Å². The van der Waals surface area contributed by atoms with Gasteiger partial charge in [0.25, 0.3) is 0 Å². The van der Waals surface area contributed by atoms with Gasteiger partial charge in [0, 0.05) is 35.2 Å². The van der Waals surface area contributed by atoms with Crippen molar-refractivity contribution in [3.8, 4) is 0 Å². The molecule has 1 aliphatic heterocycles. The number of aromatic nitrogens is 2. The highest BCUT2D eigenvalue weighted by Gasteiger charge is 2.42. The molecule has 3 aromatic rings. The van der Waals surface area contributed by atoms with Crippen LogP contribution in [0.5, 0.6) is 0 Å². The van der Waals surface area contributed by atoms with E-state index in [-0.39, 0.29) is 23.9 Å². The van der Waals surface area contributed by atoms with Crippen LogP contribution in [0.25, 0.3) is 0 Å². The molecule has 1 aromatic carbocycles. The van der Waals surface area contributed by atoms with Crippen LogP contribution in [0, 0.1) is 19.8 Å². The van der Waals surface area contributed by atoms with Gasteiger partial charge in [-0.2, -0.15) is 0 Å². The third kappa shape index (κ3) is 4.80. The van der Waals surface area contributed by atoms with Gasteiger partial charge in [-0.05, 0) is 81.9 Å². The van der Waals surface area contributed by atoms with Gasteiger partial charge in [0.1, 0.15) is 0 Å². The number of aryl methyl sites for hydroxylation is 1. The first-order chi connectivity index (χ1) is 16.6. The van der Waals surface area contributed by atoms with Crippen molar-refractivity contribution < 1.29 is 4.79 Å². The molecule has 0 saturated carbocycles. The van der Waals surface area contributed by atoms with Gasteiger partial charge in [-0.25, -0.2) is 0 Å². The predicted molar refractivity (Wildman–Crippen MR) is 147 cm³/mol. The molecule has 2 aromatic heterocycles. The molecular weight excluding hydrogens is 478 g/mol. The van der Waals surface area contributed by atoms with Crippen molar-refractivity contribution >= 4 is 46.2 Å². The molecule has 1 amide bonds. The average molecular weight is 510 g/mol. The zero-order valence-corrected chi connectivity index (χ0v) is 22.5. The highest BCUT2D eigenvalue weighted by atomic mass is 35.5. The van der Waals surface area contributed by atoms with Gasteiger partial charge in [0.05, 0.1) is 28.5 Å². The Balaban J connectivity index is 1.81. The maximum absolute atomic E-state index is 12.2. The molecule has 8 heteroatoms. The summed E-state index contributed by atoms with van der Waals surface area (Å²) in [6.07, 6.45) is 1.81. The summed E-state index contributed by atoms with van der Waals surface area (Å²) in [4.78, 5) is 19.0. The third-order valence-corrected chi connectivity index (χ3v) is 7.10. The van der Waals surface area contributed by atoms with Crippen LogP contribution < -0.4 is 15.5 Å². The highest BCUT2D eigenvalue weighted by molar-refractivity contribution is 7.80. The predicted octanol–water partition coefficient (Wildman–Crippen LogP) is 6.51. The number of carbonyl (C=O) groups is 1. The molecule has 0 aliphatic carbocycles. The van der Waals surface area contributed by atoms with Crippen LogP contribution in [0.4, 0.5) is 11.4 Å². The van der Waals surface area contributed by atoms with E-state index < -0.39 is 0 Å². The molecule has 2 atom stereocenters. The Morgan fingerprint density at radius 3 is 2.46 bits per heavy atom. The fourth-order valence-electron chi connectivity index (χ4n) is 4.88. The van der Waals surface area contributed by atoms with E-state index in [4.69, 9.17) is 23.8 Å². The van der Waals surface area contributed by atoms with Crippen LogP contribution in [0.1, 0.15) is 68.5 Å². The summed E-state index contributed by atoms with van der Waals surface area (Å²) in [5, 5.41) is 7.48. The summed E-state index contributed by atoms with van der Waals surface area (Å²) < 4.78 is 2.35. The summed E-state index contributed by atoms with van der Waals surface area (Å²) >= 11 is 12.5. The van der Waals surface area contributed by atoms with Crippen LogP contribution >= 0.6 is 23.8 Å².